The molecule has 0 unspecified atom stereocenters. The zero-order valence-electron chi connectivity index (χ0n) is 6.66. The van der Waals surface area contributed by atoms with E-state index in [9.17, 15) is 0 Å². The number of rotatable bonds is 2. The summed E-state index contributed by atoms with van der Waals surface area (Å²) in [6.45, 7) is 2.02. The maximum absolute atomic E-state index is 8.86. The zero-order chi connectivity index (χ0) is 8.27. The van der Waals surface area contributed by atoms with Crippen molar-refractivity contribution in [1.29, 1.82) is 0 Å². The highest BCUT2D eigenvalue weighted by molar-refractivity contribution is 7.98. The summed E-state index contributed by atoms with van der Waals surface area (Å²) in [6, 6.07) is 2.03. The van der Waals surface area contributed by atoms with Crippen LogP contribution in [0.25, 0.3) is 0 Å². The SMILES string of the molecule is CSc1cc(C)cnc1CO. The third-order valence-electron chi connectivity index (χ3n) is 1.44. The second-order valence-corrected chi connectivity index (χ2v) is 3.17. The van der Waals surface area contributed by atoms with Crippen molar-refractivity contribution in [3.8, 4) is 0 Å². The van der Waals surface area contributed by atoms with E-state index in [4.69, 9.17) is 5.11 Å². The summed E-state index contributed by atoms with van der Waals surface area (Å²) in [7, 11) is 0. The predicted molar refractivity (Wildman–Crippen MR) is 46.7 cm³/mol. The van der Waals surface area contributed by atoms with E-state index in [1.807, 2.05) is 19.2 Å². The van der Waals surface area contributed by atoms with Crippen LogP contribution in [0, 0.1) is 6.92 Å². The number of aryl methyl sites for hydroxylation is 1. The van der Waals surface area contributed by atoms with Gasteiger partial charge in [0.05, 0.1) is 12.3 Å². The third-order valence-corrected chi connectivity index (χ3v) is 2.23. The van der Waals surface area contributed by atoms with Crippen molar-refractivity contribution in [2.24, 2.45) is 0 Å². The smallest absolute Gasteiger partial charge is 0.0864 e. The maximum atomic E-state index is 8.86. The molecule has 0 atom stereocenters. The molecule has 1 heterocycles. The first kappa shape index (κ1) is 8.56. The molecule has 0 aliphatic carbocycles. The summed E-state index contributed by atoms with van der Waals surface area (Å²) in [5, 5.41) is 8.86. The number of hydrogen-bond acceptors (Lipinski definition) is 3. The van der Waals surface area contributed by atoms with Gasteiger partial charge in [0.25, 0.3) is 0 Å². The van der Waals surface area contributed by atoms with E-state index >= 15 is 0 Å². The molecule has 1 N–H and O–H groups in total. The molecule has 60 valence electrons. The molecule has 0 bridgehead atoms. The first-order valence-electron chi connectivity index (χ1n) is 3.38. The number of pyridine rings is 1. The Balaban J connectivity index is 3.06. The largest absolute Gasteiger partial charge is 0.390 e. The highest BCUT2D eigenvalue weighted by atomic mass is 32.2. The van der Waals surface area contributed by atoms with Crippen LogP contribution in [0.3, 0.4) is 0 Å². The summed E-state index contributed by atoms with van der Waals surface area (Å²) in [5.74, 6) is 0. The average Bonchev–Trinajstić information content (AvgIpc) is 2.04. The van der Waals surface area contributed by atoms with Crippen molar-refractivity contribution in [2.45, 2.75) is 18.4 Å². The number of aliphatic hydroxyl groups is 1. The molecule has 2 nitrogen and oxygen atoms in total. The van der Waals surface area contributed by atoms with E-state index in [0.29, 0.717) is 0 Å². The second-order valence-electron chi connectivity index (χ2n) is 2.32. The van der Waals surface area contributed by atoms with Crippen LogP contribution in [-0.2, 0) is 6.61 Å². The number of aliphatic hydroxyl groups excluding tert-OH is 1. The van der Waals surface area contributed by atoms with Gasteiger partial charge in [0.15, 0.2) is 0 Å². The molecular formula is C8H11NOS. The molecule has 0 fully saturated rings. The van der Waals surface area contributed by atoms with Gasteiger partial charge in [-0.1, -0.05) is 0 Å². The Labute approximate surface area is 70.7 Å². The lowest BCUT2D eigenvalue weighted by atomic mass is 10.3. The minimum atomic E-state index is 0.0243. The molecular weight excluding hydrogens is 158 g/mol. The van der Waals surface area contributed by atoms with Crippen LogP contribution in [0.5, 0.6) is 0 Å². The Kier molecular flexibility index (Phi) is 2.91. The van der Waals surface area contributed by atoms with Gasteiger partial charge < -0.3 is 5.11 Å². The lowest BCUT2D eigenvalue weighted by molar-refractivity contribution is 0.273. The number of thioether (sulfide) groups is 1. The van der Waals surface area contributed by atoms with Crippen molar-refractivity contribution >= 4 is 11.8 Å². The van der Waals surface area contributed by atoms with E-state index in [-0.39, 0.29) is 6.61 Å². The van der Waals surface area contributed by atoms with Gasteiger partial charge in [0, 0.05) is 11.1 Å². The quantitative estimate of drug-likeness (QED) is 0.683. The standard InChI is InChI=1S/C8H11NOS/c1-6-3-8(11-2)7(5-10)9-4-6/h3-4,10H,5H2,1-2H3. The van der Waals surface area contributed by atoms with Gasteiger partial charge in [-0.2, -0.15) is 0 Å². The Morgan fingerprint density at radius 2 is 2.36 bits per heavy atom. The zero-order valence-corrected chi connectivity index (χ0v) is 7.48. The molecule has 0 saturated carbocycles. The first-order chi connectivity index (χ1) is 5.27. The first-order valence-corrected chi connectivity index (χ1v) is 4.60. The highest BCUT2D eigenvalue weighted by Crippen LogP contribution is 2.19. The Hall–Kier alpha value is -0.540. The lowest BCUT2D eigenvalue weighted by Gasteiger charge is -2.03. The van der Waals surface area contributed by atoms with Crippen molar-refractivity contribution in [2.75, 3.05) is 6.26 Å². The topological polar surface area (TPSA) is 33.1 Å². The molecule has 11 heavy (non-hydrogen) atoms. The molecule has 1 rings (SSSR count). The molecule has 0 aliphatic heterocycles. The predicted octanol–water partition coefficient (Wildman–Crippen LogP) is 1.60. The van der Waals surface area contributed by atoms with Crippen molar-refractivity contribution in [3.63, 3.8) is 0 Å². The number of aromatic nitrogens is 1. The van der Waals surface area contributed by atoms with Crippen molar-refractivity contribution in [3.05, 3.63) is 23.5 Å². The Morgan fingerprint density at radius 3 is 2.91 bits per heavy atom. The van der Waals surface area contributed by atoms with Gasteiger partial charge in [-0.25, -0.2) is 0 Å². The molecule has 0 amide bonds. The summed E-state index contributed by atoms with van der Waals surface area (Å²) in [5.41, 5.74) is 1.90. The molecule has 1 aromatic heterocycles. The fourth-order valence-corrected chi connectivity index (χ4v) is 1.52. The lowest BCUT2D eigenvalue weighted by Crippen LogP contribution is -1.92. The summed E-state index contributed by atoms with van der Waals surface area (Å²) >= 11 is 1.61. The summed E-state index contributed by atoms with van der Waals surface area (Å²) in [4.78, 5) is 5.16. The van der Waals surface area contributed by atoms with E-state index in [0.717, 1.165) is 16.2 Å². The van der Waals surface area contributed by atoms with Gasteiger partial charge in [-0.15, -0.1) is 11.8 Å². The van der Waals surface area contributed by atoms with Crippen LogP contribution in [0.1, 0.15) is 11.3 Å². The second kappa shape index (κ2) is 3.74. The van der Waals surface area contributed by atoms with Crippen LogP contribution >= 0.6 is 11.8 Å². The molecule has 0 aromatic carbocycles. The fraction of sp³-hybridized carbons (Fsp3) is 0.375. The number of nitrogens with zero attached hydrogens (tertiary/aromatic N) is 1. The highest BCUT2D eigenvalue weighted by Gasteiger charge is 2.00. The van der Waals surface area contributed by atoms with Crippen LogP contribution in [0.4, 0.5) is 0 Å². The number of hydrogen-bond donors (Lipinski definition) is 1. The van der Waals surface area contributed by atoms with Gasteiger partial charge in [0.2, 0.25) is 0 Å². The van der Waals surface area contributed by atoms with E-state index in [1.165, 1.54) is 0 Å². The molecule has 3 heteroatoms. The minimum Gasteiger partial charge on any atom is -0.390 e. The van der Waals surface area contributed by atoms with Crippen molar-refractivity contribution < 1.29 is 5.11 Å². The van der Waals surface area contributed by atoms with Gasteiger partial charge in [-0.05, 0) is 24.8 Å². The van der Waals surface area contributed by atoms with Gasteiger partial charge in [0.1, 0.15) is 0 Å². The Morgan fingerprint density at radius 1 is 1.64 bits per heavy atom. The van der Waals surface area contributed by atoms with Crippen molar-refractivity contribution in [1.82, 2.24) is 4.98 Å². The Bertz CT molecular complexity index is 250. The van der Waals surface area contributed by atoms with E-state index in [2.05, 4.69) is 4.98 Å². The van der Waals surface area contributed by atoms with Crippen LogP contribution in [0.15, 0.2) is 17.2 Å². The van der Waals surface area contributed by atoms with Crippen LogP contribution < -0.4 is 0 Å². The molecule has 0 saturated heterocycles. The molecule has 0 spiro atoms. The average molecular weight is 169 g/mol. The van der Waals surface area contributed by atoms with Crippen LogP contribution in [0.2, 0.25) is 0 Å². The normalized spacial score (nSPS) is 10.1. The van der Waals surface area contributed by atoms with E-state index in [1.54, 1.807) is 18.0 Å². The summed E-state index contributed by atoms with van der Waals surface area (Å²) in [6.07, 6.45) is 3.75. The monoisotopic (exact) mass is 169 g/mol. The van der Waals surface area contributed by atoms with Gasteiger partial charge in [-0.3, -0.25) is 4.98 Å². The molecule has 1 aromatic rings. The minimum absolute atomic E-state index is 0.0243. The van der Waals surface area contributed by atoms with Gasteiger partial charge >= 0.3 is 0 Å². The third kappa shape index (κ3) is 1.94. The van der Waals surface area contributed by atoms with Crippen LogP contribution in [-0.4, -0.2) is 16.3 Å². The summed E-state index contributed by atoms with van der Waals surface area (Å²) < 4.78 is 0. The maximum Gasteiger partial charge on any atom is 0.0864 e. The molecule has 0 radical (unpaired) electrons. The fourth-order valence-electron chi connectivity index (χ4n) is 0.866. The molecule has 0 aliphatic rings. The van der Waals surface area contributed by atoms with E-state index < -0.39 is 0 Å².